The predicted molar refractivity (Wildman–Crippen MR) is 80.2 cm³/mol. The molecule has 0 aliphatic heterocycles. The van der Waals surface area contributed by atoms with Gasteiger partial charge in [-0.1, -0.05) is 50.2 Å². The van der Waals surface area contributed by atoms with Crippen molar-refractivity contribution in [1.82, 2.24) is 0 Å². The lowest BCUT2D eigenvalue weighted by molar-refractivity contribution is 0.219. The second-order valence-corrected chi connectivity index (χ2v) is 5.29. The van der Waals surface area contributed by atoms with Crippen molar-refractivity contribution >= 4 is 5.69 Å². The largest absolute Gasteiger partial charge is 0.399 e. The minimum Gasteiger partial charge on any atom is -0.399 e. The summed E-state index contributed by atoms with van der Waals surface area (Å²) in [6.45, 7) is 6.26. The van der Waals surface area contributed by atoms with Gasteiger partial charge in [-0.05, 0) is 41.2 Å². The van der Waals surface area contributed by atoms with Crippen LogP contribution in [0.5, 0.6) is 0 Å². The molecule has 2 nitrogen and oxygen atoms in total. The Hall–Kier alpha value is -1.80. The van der Waals surface area contributed by atoms with Gasteiger partial charge in [-0.25, -0.2) is 0 Å². The molecule has 2 aromatic rings. The maximum absolute atomic E-state index is 10.5. The maximum Gasteiger partial charge on any atom is 0.104 e. The number of anilines is 1. The summed E-state index contributed by atoms with van der Waals surface area (Å²) in [6, 6.07) is 13.8. The molecule has 0 unspecified atom stereocenters. The minimum absolute atomic E-state index is 0.500. The molecule has 1 atom stereocenters. The van der Waals surface area contributed by atoms with E-state index in [2.05, 4.69) is 26.0 Å². The number of nitrogen functional groups attached to an aromatic ring is 1. The average molecular weight is 255 g/mol. The molecule has 0 aliphatic rings. The normalized spacial score (nSPS) is 12.7. The van der Waals surface area contributed by atoms with Gasteiger partial charge in [-0.2, -0.15) is 0 Å². The fourth-order valence-electron chi connectivity index (χ4n) is 2.21. The van der Waals surface area contributed by atoms with E-state index in [-0.39, 0.29) is 0 Å². The Labute approximate surface area is 114 Å². The van der Waals surface area contributed by atoms with Crippen molar-refractivity contribution in [1.29, 1.82) is 0 Å². The number of benzene rings is 2. The van der Waals surface area contributed by atoms with Crippen molar-refractivity contribution in [3.8, 4) is 0 Å². The number of hydrogen-bond donors (Lipinski definition) is 2. The fraction of sp³-hybridized carbons (Fsp3) is 0.294. The van der Waals surface area contributed by atoms with E-state index in [9.17, 15) is 5.11 Å². The molecule has 3 N–H and O–H groups in total. The molecular weight excluding hydrogens is 234 g/mol. The van der Waals surface area contributed by atoms with Crippen LogP contribution in [0.25, 0.3) is 0 Å². The molecule has 0 saturated heterocycles. The molecule has 0 spiro atoms. The topological polar surface area (TPSA) is 46.2 Å². The lowest BCUT2D eigenvalue weighted by Crippen LogP contribution is -2.04. The van der Waals surface area contributed by atoms with Gasteiger partial charge in [0.05, 0.1) is 0 Å². The SMILES string of the molecule is Cc1c(N)cccc1[C@H](O)c1ccc(C(C)C)cc1. The fourth-order valence-corrected chi connectivity index (χ4v) is 2.21. The second-order valence-electron chi connectivity index (χ2n) is 5.29. The Morgan fingerprint density at radius 2 is 1.53 bits per heavy atom. The van der Waals surface area contributed by atoms with Crippen molar-refractivity contribution in [2.24, 2.45) is 0 Å². The van der Waals surface area contributed by atoms with E-state index < -0.39 is 6.10 Å². The highest BCUT2D eigenvalue weighted by Gasteiger charge is 2.14. The Kier molecular flexibility index (Phi) is 3.91. The molecule has 2 rings (SSSR count). The Bertz CT molecular complexity index is 558. The molecule has 0 amide bonds. The van der Waals surface area contributed by atoms with E-state index in [1.807, 2.05) is 37.3 Å². The predicted octanol–water partition coefficient (Wildman–Crippen LogP) is 3.78. The summed E-state index contributed by atoms with van der Waals surface area (Å²) in [4.78, 5) is 0. The van der Waals surface area contributed by atoms with Crippen molar-refractivity contribution < 1.29 is 5.11 Å². The first kappa shape index (κ1) is 13.6. The highest BCUT2D eigenvalue weighted by Crippen LogP contribution is 2.28. The molecule has 2 heteroatoms. The monoisotopic (exact) mass is 255 g/mol. The second kappa shape index (κ2) is 5.45. The van der Waals surface area contributed by atoms with E-state index in [1.54, 1.807) is 0 Å². The van der Waals surface area contributed by atoms with Crippen molar-refractivity contribution in [3.63, 3.8) is 0 Å². The molecule has 2 aromatic carbocycles. The van der Waals surface area contributed by atoms with Crippen molar-refractivity contribution in [2.45, 2.75) is 32.8 Å². The van der Waals surface area contributed by atoms with E-state index in [0.29, 0.717) is 5.92 Å². The van der Waals surface area contributed by atoms with Gasteiger partial charge in [0, 0.05) is 5.69 Å². The van der Waals surface area contributed by atoms with Crippen LogP contribution in [0.4, 0.5) is 5.69 Å². The quantitative estimate of drug-likeness (QED) is 0.820. The molecule has 0 heterocycles. The van der Waals surface area contributed by atoms with Crippen LogP contribution in [0, 0.1) is 6.92 Å². The van der Waals surface area contributed by atoms with Crippen LogP contribution in [0.15, 0.2) is 42.5 Å². The van der Waals surface area contributed by atoms with Crippen LogP contribution in [-0.2, 0) is 0 Å². The van der Waals surface area contributed by atoms with Gasteiger partial charge in [-0.3, -0.25) is 0 Å². The molecule has 19 heavy (non-hydrogen) atoms. The Morgan fingerprint density at radius 1 is 0.947 bits per heavy atom. The summed E-state index contributed by atoms with van der Waals surface area (Å²) in [5, 5.41) is 10.5. The molecule has 0 fully saturated rings. The van der Waals surface area contributed by atoms with E-state index in [0.717, 1.165) is 22.4 Å². The first-order chi connectivity index (χ1) is 9.00. The molecule has 0 bridgehead atoms. The third-order valence-electron chi connectivity index (χ3n) is 3.63. The molecular formula is C17H21NO. The number of nitrogens with two attached hydrogens (primary N) is 1. The van der Waals surface area contributed by atoms with Gasteiger partial charge in [0.25, 0.3) is 0 Å². The smallest absolute Gasteiger partial charge is 0.104 e. The molecule has 0 saturated carbocycles. The summed E-state index contributed by atoms with van der Waals surface area (Å²) in [5.41, 5.74) is 10.6. The van der Waals surface area contributed by atoms with E-state index in [4.69, 9.17) is 5.73 Å². The van der Waals surface area contributed by atoms with Crippen molar-refractivity contribution in [3.05, 3.63) is 64.7 Å². The average Bonchev–Trinajstić information content (AvgIpc) is 2.41. The Morgan fingerprint density at radius 3 is 2.11 bits per heavy atom. The third-order valence-corrected chi connectivity index (χ3v) is 3.63. The van der Waals surface area contributed by atoms with Crippen LogP contribution >= 0.6 is 0 Å². The van der Waals surface area contributed by atoms with Crippen LogP contribution in [0.1, 0.15) is 48.1 Å². The van der Waals surface area contributed by atoms with Gasteiger partial charge in [0.2, 0.25) is 0 Å². The first-order valence-electron chi connectivity index (χ1n) is 6.63. The molecule has 0 aliphatic carbocycles. The highest BCUT2D eigenvalue weighted by molar-refractivity contribution is 5.52. The van der Waals surface area contributed by atoms with Crippen LogP contribution < -0.4 is 5.73 Å². The number of aliphatic hydroxyl groups excluding tert-OH is 1. The van der Waals surface area contributed by atoms with Gasteiger partial charge in [-0.15, -0.1) is 0 Å². The molecule has 0 radical (unpaired) electrons. The third kappa shape index (κ3) is 2.79. The standard InChI is InChI=1S/C17H21NO/c1-11(2)13-7-9-14(10-8-13)17(19)15-5-4-6-16(18)12(15)3/h4-11,17,19H,18H2,1-3H3/t17-/m1/s1. The van der Waals surface area contributed by atoms with Gasteiger partial charge in [0.1, 0.15) is 6.10 Å². The summed E-state index contributed by atoms with van der Waals surface area (Å²) >= 11 is 0. The highest BCUT2D eigenvalue weighted by atomic mass is 16.3. The van der Waals surface area contributed by atoms with Crippen LogP contribution in [0.3, 0.4) is 0 Å². The minimum atomic E-state index is -0.621. The van der Waals surface area contributed by atoms with Crippen LogP contribution in [-0.4, -0.2) is 5.11 Å². The van der Waals surface area contributed by atoms with Gasteiger partial charge >= 0.3 is 0 Å². The van der Waals surface area contributed by atoms with Gasteiger partial charge in [0.15, 0.2) is 0 Å². The maximum atomic E-state index is 10.5. The zero-order valence-electron chi connectivity index (χ0n) is 11.7. The molecule has 100 valence electrons. The summed E-state index contributed by atoms with van der Waals surface area (Å²) in [6.07, 6.45) is -0.621. The van der Waals surface area contributed by atoms with E-state index >= 15 is 0 Å². The van der Waals surface area contributed by atoms with Crippen LogP contribution in [0.2, 0.25) is 0 Å². The zero-order valence-corrected chi connectivity index (χ0v) is 11.7. The molecule has 0 aromatic heterocycles. The van der Waals surface area contributed by atoms with Crippen molar-refractivity contribution in [2.75, 3.05) is 5.73 Å². The number of aliphatic hydroxyl groups is 1. The summed E-state index contributed by atoms with van der Waals surface area (Å²) in [7, 11) is 0. The zero-order chi connectivity index (χ0) is 14.0. The number of rotatable bonds is 3. The summed E-state index contributed by atoms with van der Waals surface area (Å²) < 4.78 is 0. The first-order valence-corrected chi connectivity index (χ1v) is 6.63. The van der Waals surface area contributed by atoms with Gasteiger partial charge < -0.3 is 10.8 Å². The lowest BCUT2D eigenvalue weighted by Gasteiger charge is -2.16. The number of hydrogen-bond acceptors (Lipinski definition) is 2. The lowest BCUT2D eigenvalue weighted by atomic mass is 9.94. The summed E-state index contributed by atoms with van der Waals surface area (Å²) in [5.74, 6) is 0.500. The van der Waals surface area contributed by atoms with E-state index in [1.165, 1.54) is 5.56 Å². The Balaban J connectivity index is 2.33.